The number of fused-ring (bicyclic) bond motifs is 1. The molecule has 1 unspecified atom stereocenters. The van der Waals surface area contributed by atoms with Crippen LogP contribution < -0.4 is 21.9 Å². The lowest BCUT2D eigenvalue weighted by molar-refractivity contribution is 0.0939. The zero-order chi connectivity index (χ0) is 27.4. The van der Waals surface area contributed by atoms with Gasteiger partial charge in [-0.15, -0.1) is 6.58 Å². The Morgan fingerprint density at radius 1 is 1.16 bits per heavy atom. The Bertz CT molecular complexity index is 1620. The van der Waals surface area contributed by atoms with Gasteiger partial charge in [-0.3, -0.25) is 18.8 Å². The third-order valence-electron chi connectivity index (χ3n) is 5.88. The Balaban J connectivity index is 1.85. The number of hydrogen-bond acceptors (Lipinski definition) is 6. The van der Waals surface area contributed by atoms with E-state index in [2.05, 4.69) is 34.2 Å². The van der Waals surface area contributed by atoms with E-state index >= 15 is 0 Å². The maximum atomic E-state index is 14.0. The molecule has 38 heavy (non-hydrogen) atoms. The number of aryl methyl sites for hydroxylation is 1. The predicted octanol–water partition coefficient (Wildman–Crippen LogP) is 3.80. The lowest BCUT2D eigenvalue weighted by atomic mass is 10.1. The molecular formula is C29H31N7O2. The molecule has 2 aromatic carbocycles. The number of benzene rings is 2. The quantitative estimate of drug-likeness (QED) is 0.258. The Morgan fingerprint density at radius 3 is 2.58 bits per heavy atom. The van der Waals surface area contributed by atoms with Crippen molar-refractivity contribution in [3.8, 4) is 17.5 Å². The smallest absolute Gasteiger partial charge is 0.267 e. The second-order valence-corrected chi connectivity index (χ2v) is 9.17. The number of hydrogen-bond donors (Lipinski definition) is 3. The number of nitrogens with zero attached hydrogens (tertiary/aromatic N) is 4. The van der Waals surface area contributed by atoms with Gasteiger partial charge in [-0.1, -0.05) is 56.0 Å². The van der Waals surface area contributed by atoms with Crippen molar-refractivity contribution < 1.29 is 4.79 Å². The number of nitrogens with two attached hydrogens (primary N) is 1. The first-order valence-corrected chi connectivity index (χ1v) is 12.3. The van der Waals surface area contributed by atoms with Crippen molar-refractivity contribution in [2.24, 2.45) is 13.0 Å². The van der Waals surface area contributed by atoms with Crippen molar-refractivity contribution in [3.05, 3.63) is 88.5 Å². The highest BCUT2D eigenvalue weighted by molar-refractivity contribution is 6.03. The van der Waals surface area contributed by atoms with Crippen LogP contribution in [-0.4, -0.2) is 31.8 Å². The van der Waals surface area contributed by atoms with Crippen LogP contribution in [0.1, 0.15) is 48.6 Å². The molecular weight excluding hydrogens is 478 g/mol. The summed E-state index contributed by atoms with van der Waals surface area (Å²) in [5.74, 6) is 6.89. The first-order valence-electron chi connectivity index (χ1n) is 12.3. The molecule has 1 atom stereocenters. The summed E-state index contributed by atoms with van der Waals surface area (Å²) in [5.41, 5.74) is 7.76. The van der Waals surface area contributed by atoms with Gasteiger partial charge in [0.1, 0.15) is 17.2 Å². The standard InChI is InChI=1S/C29H31N7O2/c1-6-17-31-27-24(25(30)34-35(27)5)28(37)32-19(4)26-33-22-14-10-11-20(16-15-18(2)3)23(22)29(38)36(26)21-12-8-7-9-13-21/h6-14,18-19,31H,1,17H2,2-5H3,(H2,30,34)(H,32,37). The summed E-state index contributed by atoms with van der Waals surface area (Å²) in [5, 5.41) is 10.7. The van der Waals surface area contributed by atoms with Crippen LogP contribution in [0.15, 0.2) is 66.0 Å². The van der Waals surface area contributed by atoms with Gasteiger partial charge in [0.15, 0.2) is 5.82 Å². The van der Waals surface area contributed by atoms with E-state index in [1.165, 1.54) is 9.25 Å². The molecule has 4 rings (SSSR count). The lowest BCUT2D eigenvalue weighted by Gasteiger charge is -2.20. The van der Waals surface area contributed by atoms with Crippen LogP contribution in [0.4, 0.5) is 11.6 Å². The average molecular weight is 510 g/mol. The normalized spacial score (nSPS) is 11.6. The van der Waals surface area contributed by atoms with Gasteiger partial charge in [0.05, 0.1) is 22.6 Å². The fourth-order valence-corrected chi connectivity index (χ4v) is 4.16. The van der Waals surface area contributed by atoms with Crippen molar-refractivity contribution in [2.75, 3.05) is 17.6 Å². The third-order valence-corrected chi connectivity index (χ3v) is 5.88. The van der Waals surface area contributed by atoms with Gasteiger partial charge in [-0.2, -0.15) is 5.10 Å². The van der Waals surface area contributed by atoms with E-state index in [1.54, 1.807) is 26.1 Å². The van der Waals surface area contributed by atoms with Crippen LogP contribution in [-0.2, 0) is 7.05 Å². The van der Waals surface area contributed by atoms with Gasteiger partial charge >= 0.3 is 0 Å². The summed E-state index contributed by atoms with van der Waals surface area (Å²) in [7, 11) is 1.69. The van der Waals surface area contributed by atoms with Crippen LogP contribution in [0.2, 0.25) is 0 Å². The van der Waals surface area contributed by atoms with Crippen molar-refractivity contribution in [3.63, 3.8) is 0 Å². The zero-order valence-electron chi connectivity index (χ0n) is 21.9. The topological polar surface area (TPSA) is 120 Å². The van der Waals surface area contributed by atoms with E-state index in [9.17, 15) is 9.59 Å². The number of carbonyl (C=O) groups excluding carboxylic acids is 1. The molecule has 0 radical (unpaired) electrons. The van der Waals surface area contributed by atoms with E-state index in [0.29, 0.717) is 40.3 Å². The van der Waals surface area contributed by atoms with Crippen LogP contribution in [0.25, 0.3) is 16.6 Å². The second-order valence-electron chi connectivity index (χ2n) is 9.17. The number of anilines is 2. The van der Waals surface area contributed by atoms with E-state index in [4.69, 9.17) is 10.7 Å². The van der Waals surface area contributed by atoms with E-state index in [0.717, 1.165) is 0 Å². The van der Waals surface area contributed by atoms with Gasteiger partial charge in [-0.05, 0) is 31.2 Å². The number of carbonyl (C=O) groups is 1. The number of amides is 1. The van der Waals surface area contributed by atoms with Gasteiger partial charge in [0, 0.05) is 25.1 Å². The zero-order valence-corrected chi connectivity index (χ0v) is 21.9. The summed E-state index contributed by atoms with van der Waals surface area (Å²) in [4.78, 5) is 32.2. The van der Waals surface area contributed by atoms with E-state index in [1.807, 2.05) is 56.3 Å². The third kappa shape index (κ3) is 5.15. The number of nitrogen functional groups attached to an aromatic ring is 1. The Labute approximate surface area is 221 Å². The number of nitrogens with one attached hydrogen (secondary N) is 2. The SMILES string of the molecule is C=CCNc1c(C(=O)NC(C)c2nc3cccc(C#CC(C)C)c3c(=O)n2-c2ccccc2)c(N)nn1C. The molecule has 194 valence electrons. The molecule has 2 heterocycles. The molecule has 4 aromatic rings. The maximum absolute atomic E-state index is 14.0. The minimum absolute atomic E-state index is 0.0871. The molecule has 0 aliphatic carbocycles. The molecule has 0 saturated carbocycles. The highest BCUT2D eigenvalue weighted by atomic mass is 16.2. The summed E-state index contributed by atoms with van der Waals surface area (Å²) >= 11 is 0. The summed E-state index contributed by atoms with van der Waals surface area (Å²) in [6.45, 7) is 9.89. The first-order chi connectivity index (χ1) is 18.2. The molecule has 0 fully saturated rings. The highest BCUT2D eigenvalue weighted by Gasteiger charge is 2.25. The fraction of sp³-hybridized carbons (Fsp3) is 0.241. The van der Waals surface area contributed by atoms with Crippen LogP contribution >= 0.6 is 0 Å². The minimum Gasteiger partial charge on any atom is -0.381 e. The Hall–Kier alpha value is -4.84. The van der Waals surface area contributed by atoms with E-state index < -0.39 is 11.9 Å². The van der Waals surface area contributed by atoms with E-state index in [-0.39, 0.29) is 22.9 Å². The molecule has 9 heteroatoms. The molecule has 9 nitrogen and oxygen atoms in total. The average Bonchev–Trinajstić information content (AvgIpc) is 3.18. The number of para-hydroxylation sites is 1. The predicted molar refractivity (Wildman–Crippen MR) is 151 cm³/mol. The fourth-order valence-electron chi connectivity index (χ4n) is 4.16. The summed E-state index contributed by atoms with van der Waals surface area (Å²) < 4.78 is 3.03. The van der Waals surface area contributed by atoms with Gasteiger partial charge in [0.25, 0.3) is 11.5 Å². The molecule has 2 aromatic heterocycles. The number of aromatic nitrogens is 4. The van der Waals surface area contributed by atoms with Gasteiger partial charge in [-0.25, -0.2) is 4.98 Å². The maximum Gasteiger partial charge on any atom is 0.267 e. The summed E-state index contributed by atoms with van der Waals surface area (Å²) in [6, 6.07) is 14.0. The van der Waals surface area contributed by atoms with Gasteiger partial charge < -0.3 is 16.4 Å². The molecule has 4 N–H and O–H groups in total. The number of rotatable bonds is 7. The highest BCUT2D eigenvalue weighted by Crippen LogP contribution is 2.24. The largest absolute Gasteiger partial charge is 0.381 e. The van der Waals surface area contributed by atoms with Crippen molar-refractivity contribution in [2.45, 2.75) is 26.8 Å². The molecule has 0 aliphatic heterocycles. The summed E-state index contributed by atoms with van der Waals surface area (Å²) in [6.07, 6.45) is 1.67. The first kappa shape index (κ1) is 26.2. The van der Waals surface area contributed by atoms with Crippen LogP contribution in [0.3, 0.4) is 0 Å². The second kappa shape index (κ2) is 11.0. The monoisotopic (exact) mass is 509 g/mol. The molecule has 0 aliphatic rings. The molecule has 1 amide bonds. The van der Waals surface area contributed by atoms with Crippen molar-refractivity contribution >= 4 is 28.4 Å². The van der Waals surface area contributed by atoms with Crippen molar-refractivity contribution in [1.82, 2.24) is 24.6 Å². The van der Waals surface area contributed by atoms with Crippen molar-refractivity contribution in [1.29, 1.82) is 0 Å². The van der Waals surface area contributed by atoms with Crippen LogP contribution in [0, 0.1) is 17.8 Å². The lowest BCUT2D eigenvalue weighted by Crippen LogP contribution is -2.34. The molecule has 0 bridgehead atoms. The Morgan fingerprint density at radius 2 is 1.89 bits per heavy atom. The van der Waals surface area contributed by atoms with Gasteiger partial charge in [0.2, 0.25) is 0 Å². The molecule has 0 saturated heterocycles. The molecule has 0 spiro atoms. The van der Waals surface area contributed by atoms with Crippen LogP contribution in [0.5, 0.6) is 0 Å². The minimum atomic E-state index is -0.655. The Kier molecular flexibility index (Phi) is 7.63.